The van der Waals surface area contributed by atoms with Crippen LogP contribution in [0, 0.1) is 0 Å². The minimum absolute atomic E-state index is 0. The summed E-state index contributed by atoms with van der Waals surface area (Å²) in [7, 11) is 0. The van der Waals surface area contributed by atoms with Gasteiger partial charge in [0.15, 0.2) is 0 Å². The molecule has 0 radical (unpaired) electrons. The Labute approximate surface area is 116 Å². The van der Waals surface area contributed by atoms with Crippen molar-refractivity contribution < 1.29 is 88.7 Å². The Hall–Kier alpha value is 0.952. The van der Waals surface area contributed by atoms with Gasteiger partial charge in [0.1, 0.15) is 0 Å². The first-order valence-corrected chi connectivity index (χ1v) is 2.22. The van der Waals surface area contributed by atoms with Gasteiger partial charge in [0.05, 0.1) is 18.4 Å². The van der Waals surface area contributed by atoms with Crippen LogP contribution in [0.1, 0.15) is 6.42 Å². The maximum absolute atomic E-state index is 9.74. The van der Waals surface area contributed by atoms with Gasteiger partial charge in [-0.25, -0.2) is 0 Å². The van der Waals surface area contributed by atoms with Crippen molar-refractivity contribution in [3.63, 3.8) is 0 Å². The van der Waals surface area contributed by atoms with Crippen LogP contribution in [-0.4, -0.2) is 23.1 Å². The SMILES string of the molecule is N[C@@H](CC(=O)O)C(=O)[O-].[Cs+]. The zero-order valence-corrected chi connectivity index (χ0v) is 11.8. The van der Waals surface area contributed by atoms with Crippen molar-refractivity contribution in [2.24, 2.45) is 5.73 Å². The van der Waals surface area contributed by atoms with Crippen LogP contribution in [0.5, 0.6) is 0 Å². The van der Waals surface area contributed by atoms with Crippen LogP contribution in [0.3, 0.4) is 0 Å². The molecule has 0 heterocycles. The van der Waals surface area contributed by atoms with Gasteiger partial charge in [0, 0.05) is 0 Å². The summed E-state index contributed by atoms with van der Waals surface area (Å²) >= 11 is 0. The van der Waals surface area contributed by atoms with Crippen LogP contribution in [-0.2, 0) is 9.59 Å². The topological polar surface area (TPSA) is 103 Å². The molecular formula is C4H6CsNO4. The summed E-state index contributed by atoms with van der Waals surface area (Å²) in [6.07, 6.45) is -0.595. The van der Waals surface area contributed by atoms with E-state index < -0.39 is 24.4 Å². The summed E-state index contributed by atoms with van der Waals surface area (Å²) in [4.78, 5) is 19.5. The maximum Gasteiger partial charge on any atom is 1.00 e. The van der Waals surface area contributed by atoms with Crippen LogP contribution < -0.4 is 79.7 Å². The van der Waals surface area contributed by atoms with E-state index in [1.165, 1.54) is 0 Å². The standard InChI is InChI=1S/C4H7NO4.Cs/c5-2(4(8)9)1-3(6)7;/h2H,1,5H2,(H,6,7)(H,8,9);/q;+1/p-1/t2-;/m0./s1. The van der Waals surface area contributed by atoms with E-state index in [4.69, 9.17) is 10.8 Å². The molecule has 0 aliphatic rings. The predicted octanol–water partition coefficient (Wildman–Crippen LogP) is -5.46. The van der Waals surface area contributed by atoms with Crippen LogP contribution >= 0.6 is 0 Å². The molecule has 0 spiro atoms. The fourth-order valence-electron chi connectivity index (χ4n) is 0.271. The van der Waals surface area contributed by atoms with Crippen LogP contribution in [0.2, 0.25) is 0 Å². The molecule has 5 nitrogen and oxygen atoms in total. The third-order valence-electron chi connectivity index (χ3n) is 0.697. The third kappa shape index (κ3) is 7.06. The van der Waals surface area contributed by atoms with Crippen LogP contribution in [0.15, 0.2) is 0 Å². The molecular weight excluding hydrogens is 259 g/mol. The number of carbonyl (C=O) groups is 2. The van der Waals surface area contributed by atoms with Crippen LogP contribution in [0.25, 0.3) is 0 Å². The summed E-state index contributed by atoms with van der Waals surface area (Å²) in [6, 6.07) is -1.40. The van der Waals surface area contributed by atoms with Gasteiger partial charge in [-0.3, -0.25) is 4.79 Å². The predicted molar refractivity (Wildman–Crippen MR) is 25.2 cm³/mol. The number of carbonyl (C=O) groups excluding carboxylic acids is 1. The second-order valence-corrected chi connectivity index (χ2v) is 1.52. The van der Waals surface area contributed by atoms with Crippen molar-refractivity contribution in [2.45, 2.75) is 12.5 Å². The zero-order chi connectivity index (χ0) is 7.44. The molecule has 0 aliphatic heterocycles. The van der Waals surface area contributed by atoms with Gasteiger partial charge in [-0.1, -0.05) is 0 Å². The molecule has 0 aromatic carbocycles. The largest absolute Gasteiger partial charge is 1.00 e. The number of aliphatic carboxylic acids is 2. The van der Waals surface area contributed by atoms with Gasteiger partial charge in [0.2, 0.25) is 0 Å². The average molecular weight is 265 g/mol. The maximum atomic E-state index is 9.74. The minimum atomic E-state index is -1.54. The molecule has 6 heteroatoms. The van der Waals surface area contributed by atoms with Gasteiger partial charge >= 0.3 is 74.9 Å². The molecule has 52 valence electrons. The van der Waals surface area contributed by atoms with E-state index in [1.807, 2.05) is 0 Å². The second-order valence-electron chi connectivity index (χ2n) is 1.52. The van der Waals surface area contributed by atoms with Gasteiger partial charge in [-0.05, 0) is 0 Å². The van der Waals surface area contributed by atoms with E-state index in [1.54, 1.807) is 0 Å². The molecule has 10 heavy (non-hydrogen) atoms. The number of carboxylic acids is 2. The fraction of sp³-hybridized carbons (Fsp3) is 0.500. The quantitative estimate of drug-likeness (QED) is 0.530. The third-order valence-corrected chi connectivity index (χ3v) is 0.697. The fourth-order valence-corrected chi connectivity index (χ4v) is 0.271. The molecule has 0 amide bonds. The Morgan fingerprint density at radius 1 is 1.60 bits per heavy atom. The number of nitrogens with two attached hydrogens (primary N) is 1. The van der Waals surface area contributed by atoms with Crippen molar-refractivity contribution in [1.29, 1.82) is 0 Å². The first-order valence-electron chi connectivity index (χ1n) is 2.22. The first kappa shape index (κ1) is 13.5. The van der Waals surface area contributed by atoms with Gasteiger partial charge < -0.3 is 20.7 Å². The molecule has 0 saturated carbocycles. The van der Waals surface area contributed by atoms with E-state index in [0.29, 0.717) is 0 Å². The molecule has 0 unspecified atom stereocenters. The molecule has 3 N–H and O–H groups in total. The van der Waals surface area contributed by atoms with Gasteiger partial charge in [0.25, 0.3) is 0 Å². The van der Waals surface area contributed by atoms with Gasteiger partial charge in [-0.15, -0.1) is 0 Å². The number of carboxylic acid groups (broad SMARTS) is 2. The minimum Gasteiger partial charge on any atom is -0.548 e. The van der Waals surface area contributed by atoms with E-state index in [-0.39, 0.29) is 68.9 Å². The molecule has 0 aromatic rings. The van der Waals surface area contributed by atoms with Crippen molar-refractivity contribution in [3.8, 4) is 0 Å². The molecule has 0 aromatic heterocycles. The van der Waals surface area contributed by atoms with Crippen molar-refractivity contribution in [2.75, 3.05) is 0 Å². The van der Waals surface area contributed by atoms with E-state index in [0.717, 1.165) is 0 Å². The molecule has 0 fully saturated rings. The summed E-state index contributed by atoms with van der Waals surface area (Å²) < 4.78 is 0. The number of rotatable bonds is 3. The average Bonchev–Trinajstić information content (AvgIpc) is 1.63. The van der Waals surface area contributed by atoms with E-state index in [9.17, 15) is 14.7 Å². The molecule has 0 saturated heterocycles. The Morgan fingerprint density at radius 2 is 2.00 bits per heavy atom. The van der Waals surface area contributed by atoms with E-state index in [2.05, 4.69) is 0 Å². The monoisotopic (exact) mass is 265 g/mol. The van der Waals surface area contributed by atoms with Crippen molar-refractivity contribution >= 4 is 11.9 Å². The molecule has 1 atom stereocenters. The summed E-state index contributed by atoms with van der Waals surface area (Å²) in [5.74, 6) is -2.79. The summed E-state index contributed by atoms with van der Waals surface area (Å²) in [5.41, 5.74) is 4.77. The zero-order valence-electron chi connectivity index (χ0n) is 5.53. The summed E-state index contributed by atoms with van der Waals surface area (Å²) in [6.45, 7) is 0. The molecule has 0 bridgehead atoms. The van der Waals surface area contributed by atoms with Crippen molar-refractivity contribution in [3.05, 3.63) is 0 Å². The Bertz CT molecular complexity index is 137. The second kappa shape index (κ2) is 6.65. The smallest absolute Gasteiger partial charge is 0.548 e. The number of hydrogen-bond donors (Lipinski definition) is 2. The first-order chi connectivity index (χ1) is 4.04. The van der Waals surface area contributed by atoms with E-state index >= 15 is 0 Å². The Kier molecular flexibility index (Phi) is 9.00. The molecule has 0 rings (SSSR count). The van der Waals surface area contributed by atoms with Crippen LogP contribution in [0.4, 0.5) is 0 Å². The number of hydrogen-bond acceptors (Lipinski definition) is 4. The summed E-state index contributed by atoms with van der Waals surface area (Å²) in [5, 5.41) is 17.7. The molecule has 0 aliphatic carbocycles. The van der Waals surface area contributed by atoms with Crippen molar-refractivity contribution in [1.82, 2.24) is 0 Å². The Morgan fingerprint density at radius 3 is 2.10 bits per heavy atom. The normalized spacial score (nSPS) is 11.3. The Balaban J connectivity index is 0. The van der Waals surface area contributed by atoms with Gasteiger partial charge in [-0.2, -0.15) is 0 Å².